The molecule has 0 amide bonds. The topological polar surface area (TPSA) is 12.5 Å². The lowest BCUT2D eigenvalue weighted by atomic mass is 9.75. The molecular formula is C11H14O. The zero-order chi connectivity index (χ0) is 7.87. The van der Waals surface area contributed by atoms with Crippen LogP contribution in [0.5, 0.6) is 0 Å². The van der Waals surface area contributed by atoms with Crippen LogP contribution in [0.3, 0.4) is 0 Å². The fourth-order valence-electron chi connectivity index (χ4n) is 4.19. The monoisotopic (exact) mass is 162 g/mol. The van der Waals surface area contributed by atoms with Gasteiger partial charge in [-0.1, -0.05) is 6.92 Å². The van der Waals surface area contributed by atoms with E-state index in [0.717, 1.165) is 29.6 Å². The average Bonchev–Trinajstić information content (AvgIpc) is 2.42. The lowest BCUT2D eigenvalue weighted by molar-refractivity contribution is 0.159. The molecule has 1 heterocycles. The van der Waals surface area contributed by atoms with Crippen molar-refractivity contribution in [3.63, 3.8) is 0 Å². The third-order valence-corrected chi connectivity index (χ3v) is 4.70. The third kappa shape index (κ3) is 0.494. The molecule has 0 spiro atoms. The molecule has 0 aromatic rings. The van der Waals surface area contributed by atoms with Crippen LogP contribution in [0.15, 0.2) is 11.5 Å². The van der Waals surface area contributed by atoms with Crippen molar-refractivity contribution in [3.8, 4) is 0 Å². The first-order chi connectivity index (χ1) is 5.84. The standard InChI is InChI=1S/C11H14O/c1-5-2-6-3-7(5)10-8(6)4-9-11(10)12-9/h5-8,10H,2-4H2,1H3. The van der Waals surface area contributed by atoms with E-state index in [1.54, 1.807) is 0 Å². The molecule has 4 rings (SSSR count). The van der Waals surface area contributed by atoms with Crippen molar-refractivity contribution in [3.05, 3.63) is 11.5 Å². The van der Waals surface area contributed by atoms with E-state index in [4.69, 9.17) is 4.74 Å². The zero-order valence-electron chi connectivity index (χ0n) is 7.42. The van der Waals surface area contributed by atoms with Crippen molar-refractivity contribution in [1.82, 2.24) is 0 Å². The van der Waals surface area contributed by atoms with Gasteiger partial charge >= 0.3 is 0 Å². The van der Waals surface area contributed by atoms with Gasteiger partial charge in [-0.3, -0.25) is 0 Å². The Kier molecular flexibility index (Phi) is 0.805. The van der Waals surface area contributed by atoms with Crippen molar-refractivity contribution in [2.24, 2.45) is 29.6 Å². The highest BCUT2D eigenvalue weighted by atomic mass is 16.6. The molecular weight excluding hydrogens is 148 g/mol. The number of hydrogen-bond acceptors (Lipinski definition) is 1. The van der Waals surface area contributed by atoms with E-state index in [1.807, 2.05) is 0 Å². The molecule has 0 aromatic heterocycles. The molecule has 2 saturated carbocycles. The molecule has 1 heteroatoms. The Morgan fingerprint density at radius 2 is 2.17 bits per heavy atom. The van der Waals surface area contributed by atoms with Crippen LogP contribution in [0.25, 0.3) is 0 Å². The highest BCUT2D eigenvalue weighted by molar-refractivity contribution is 5.32. The summed E-state index contributed by atoms with van der Waals surface area (Å²) in [6, 6.07) is 0. The predicted molar refractivity (Wildman–Crippen MR) is 45.1 cm³/mol. The van der Waals surface area contributed by atoms with Gasteiger partial charge in [-0.15, -0.1) is 0 Å². The van der Waals surface area contributed by atoms with Gasteiger partial charge in [0.1, 0.15) is 11.5 Å². The van der Waals surface area contributed by atoms with E-state index in [0.29, 0.717) is 0 Å². The van der Waals surface area contributed by atoms with Crippen LogP contribution in [0, 0.1) is 29.6 Å². The Morgan fingerprint density at radius 1 is 1.25 bits per heavy atom. The minimum absolute atomic E-state index is 0.883. The SMILES string of the molecule is CC1CC2CC1C1C3=C(CC21)O3. The molecule has 0 radical (unpaired) electrons. The van der Waals surface area contributed by atoms with Crippen LogP contribution in [0.2, 0.25) is 0 Å². The fourth-order valence-corrected chi connectivity index (χ4v) is 4.19. The van der Waals surface area contributed by atoms with Crippen LogP contribution in [0.4, 0.5) is 0 Å². The minimum Gasteiger partial charge on any atom is -0.459 e. The molecule has 0 N–H and O–H groups in total. The van der Waals surface area contributed by atoms with Gasteiger partial charge in [0.15, 0.2) is 0 Å². The lowest BCUT2D eigenvalue weighted by Crippen LogP contribution is -2.25. The molecule has 5 unspecified atom stereocenters. The zero-order valence-corrected chi connectivity index (χ0v) is 7.42. The third-order valence-electron chi connectivity index (χ3n) is 4.70. The molecule has 64 valence electrons. The number of hydrogen-bond donors (Lipinski definition) is 0. The molecule has 0 saturated heterocycles. The maximum atomic E-state index is 5.50. The number of fused-ring (bicyclic) bond motifs is 6. The highest BCUT2D eigenvalue weighted by Gasteiger charge is 2.60. The molecule has 4 aliphatic rings. The van der Waals surface area contributed by atoms with E-state index in [9.17, 15) is 0 Å². The summed E-state index contributed by atoms with van der Waals surface area (Å²) in [6.45, 7) is 2.43. The molecule has 12 heavy (non-hydrogen) atoms. The summed E-state index contributed by atoms with van der Waals surface area (Å²) in [5.41, 5.74) is 0. The van der Waals surface area contributed by atoms with Gasteiger partial charge < -0.3 is 4.74 Å². The van der Waals surface area contributed by atoms with Gasteiger partial charge in [-0.2, -0.15) is 0 Å². The van der Waals surface area contributed by atoms with Gasteiger partial charge in [0.25, 0.3) is 0 Å². The van der Waals surface area contributed by atoms with E-state index in [1.165, 1.54) is 30.8 Å². The first kappa shape index (κ1) is 6.06. The molecule has 3 aliphatic carbocycles. The van der Waals surface area contributed by atoms with Gasteiger partial charge in [-0.05, 0) is 36.5 Å². The van der Waals surface area contributed by atoms with Crippen LogP contribution in [-0.2, 0) is 4.74 Å². The number of ether oxygens (including phenoxy) is 1. The Bertz CT molecular complexity index is 291. The highest BCUT2D eigenvalue weighted by Crippen LogP contribution is 2.66. The van der Waals surface area contributed by atoms with Gasteiger partial charge in [0.05, 0.1) is 0 Å². The van der Waals surface area contributed by atoms with Gasteiger partial charge in [0.2, 0.25) is 0 Å². The molecule has 2 bridgehead atoms. The molecule has 1 nitrogen and oxygen atoms in total. The molecule has 0 aromatic carbocycles. The van der Waals surface area contributed by atoms with E-state index >= 15 is 0 Å². The van der Waals surface area contributed by atoms with E-state index in [-0.39, 0.29) is 0 Å². The Balaban J connectivity index is 1.78. The van der Waals surface area contributed by atoms with E-state index in [2.05, 4.69) is 6.92 Å². The summed E-state index contributed by atoms with van der Waals surface area (Å²) in [7, 11) is 0. The maximum Gasteiger partial charge on any atom is 0.146 e. The molecule has 5 atom stereocenters. The first-order valence-electron chi connectivity index (χ1n) is 5.25. The van der Waals surface area contributed by atoms with Crippen LogP contribution < -0.4 is 0 Å². The Hall–Kier alpha value is -0.460. The molecule has 1 aliphatic heterocycles. The van der Waals surface area contributed by atoms with Crippen LogP contribution >= 0.6 is 0 Å². The number of rotatable bonds is 0. The Labute approximate surface area is 72.8 Å². The van der Waals surface area contributed by atoms with Crippen LogP contribution in [-0.4, -0.2) is 0 Å². The second-order valence-electron chi connectivity index (χ2n) is 5.16. The number of allylic oxidation sites excluding steroid dienone is 2. The predicted octanol–water partition coefficient (Wildman–Crippen LogP) is 2.54. The second-order valence-corrected chi connectivity index (χ2v) is 5.16. The Morgan fingerprint density at radius 3 is 3.08 bits per heavy atom. The minimum atomic E-state index is 0.883. The fraction of sp³-hybridized carbons (Fsp3) is 0.818. The summed E-state index contributed by atoms with van der Waals surface area (Å²) in [5.74, 6) is 7.75. The largest absolute Gasteiger partial charge is 0.459 e. The average molecular weight is 162 g/mol. The summed E-state index contributed by atoms with van der Waals surface area (Å²) >= 11 is 0. The van der Waals surface area contributed by atoms with Gasteiger partial charge in [-0.25, -0.2) is 0 Å². The molecule has 2 fully saturated rings. The van der Waals surface area contributed by atoms with Crippen molar-refractivity contribution in [2.45, 2.75) is 26.2 Å². The summed E-state index contributed by atoms with van der Waals surface area (Å²) in [5, 5.41) is 0. The lowest BCUT2D eigenvalue weighted by Gasteiger charge is -2.30. The van der Waals surface area contributed by atoms with Crippen molar-refractivity contribution in [1.29, 1.82) is 0 Å². The van der Waals surface area contributed by atoms with Crippen molar-refractivity contribution in [2.75, 3.05) is 0 Å². The maximum absolute atomic E-state index is 5.50. The van der Waals surface area contributed by atoms with Crippen molar-refractivity contribution >= 4 is 0 Å². The normalized spacial score (nSPS) is 58.6. The second kappa shape index (κ2) is 1.59. The summed E-state index contributed by atoms with van der Waals surface area (Å²) < 4.78 is 5.50. The summed E-state index contributed by atoms with van der Waals surface area (Å²) in [6.07, 6.45) is 4.32. The smallest absolute Gasteiger partial charge is 0.146 e. The summed E-state index contributed by atoms with van der Waals surface area (Å²) in [4.78, 5) is 0. The quantitative estimate of drug-likeness (QED) is 0.533. The van der Waals surface area contributed by atoms with E-state index < -0.39 is 0 Å². The first-order valence-corrected chi connectivity index (χ1v) is 5.25. The van der Waals surface area contributed by atoms with Crippen molar-refractivity contribution < 1.29 is 4.74 Å². The van der Waals surface area contributed by atoms with Gasteiger partial charge in [0, 0.05) is 12.3 Å². The van der Waals surface area contributed by atoms with Crippen LogP contribution in [0.1, 0.15) is 26.2 Å².